The number of nitrogen functional groups attached to an aromatic ring is 1. The molecule has 1 aromatic carbocycles. The molecule has 2 rings (SSSR count). The SMILES string of the molecule is COC(C)Cn1c(N)nc2ccc(C#N)cc21. The monoisotopic (exact) mass is 230 g/mol. The average molecular weight is 230 g/mol. The Kier molecular flexibility index (Phi) is 2.98. The van der Waals surface area contributed by atoms with Gasteiger partial charge in [0.1, 0.15) is 0 Å². The molecule has 0 aliphatic rings. The summed E-state index contributed by atoms with van der Waals surface area (Å²) in [6.45, 7) is 2.58. The number of rotatable bonds is 3. The molecule has 0 saturated carbocycles. The third-order valence-corrected chi connectivity index (χ3v) is 2.75. The van der Waals surface area contributed by atoms with Crippen molar-refractivity contribution in [3.63, 3.8) is 0 Å². The van der Waals surface area contributed by atoms with Gasteiger partial charge in [-0.3, -0.25) is 0 Å². The molecule has 2 aromatic rings. The van der Waals surface area contributed by atoms with Crippen LogP contribution in [0, 0.1) is 11.3 Å². The largest absolute Gasteiger partial charge is 0.380 e. The molecule has 0 aliphatic carbocycles. The van der Waals surface area contributed by atoms with E-state index in [0.717, 1.165) is 11.0 Å². The van der Waals surface area contributed by atoms with Crippen LogP contribution in [-0.4, -0.2) is 22.8 Å². The smallest absolute Gasteiger partial charge is 0.201 e. The molecular weight excluding hydrogens is 216 g/mol. The lowest BCUT2D eigenvalue weighted by Crippen LogP contribution is -2.16. The van der Waals surface area contributed by atoms with E-state index >= 15 is 0 Å². The minimum absolute atomic E-state index is 0.0421. The third-order valence-electron chi connectivity index (χ3n) is 2.75. The molecule has 17 heavy (non-hydrogen) atoms. The van der Waals surface area contributed by atoms with Crippen molar-refractivity contribution in [2.75, 3.05) is 12.8 Å². The van der Waals surface area contributed by atoms with Gasteiger partial charge in [0.2, 0.25) is 5.95 Å². The zero-order chi connectivity index (χ0) is 12.4. The van der Waals surface area contributed by atoms with Gasteiger partial charge < -0.3 is 15.0 Å². The summed E-state index contributed by atoms with van der Waals surface area (Å²) in [6, 6.07) is 7.44. The number of anilines is 1. The maximum atomic E-state index is 8.89. The van der Waals surface area contributed by atoms with Crippen molar-refractivity contribution < 1.29 is 4.74 Å². The van der Waals surface area contributed by atoms with Crippen molar-refractivity contribution in [3.05, 3.63) is 23.8 Å². The molecule has 0 bridgehead atoms. The van der Waals surface area contributed by atoms with Crippen LogP contribution < -0.4 is 5.73 Å². The van der Waals surface area contributed by atoms with Crippen molar-refractivity contribution in [3.8, 4) is 6.07 Å². The van der Waals surface area contributed by atoms with E-state index in [4.69, 9.17) is 15.7 Å². The fraction of sp³-hybridized carbons (Fsp3) is 0.333. The Bertz CT molecular complexity index is 582. The molecule has 0 saturated heterocycles. The van der Waals surface area contributed by atoms with E-state index in [1.165, 1.54) is 0 Å². The predicted octanol–water partition coefficient (Wildman–Crippen LogP) is 1.53. The van der Waals surface area contributed by atoms with Crippen LogP contribution in [0.2, 0.25) is 0 Å². The number of hydrogen-bond donors (Lipinski definition) is 1. The van der Waals surface area contributed by atoms with Gasteiger partial charge in [-0.1, -0.05) is 0 Å². The van der Waals surface area contributed by atoms with E-state index in [1.54, 1.807) is 25.3 Å². The summed E-state index contributed by atoms with van der Waals surface area (Å²) in [6.07, 6.45) is 0.0421. The number of aromatic nitrogens is 2. The van der Waals surface area contributed by atoms with Crippen molar-refractivity contribution >= 4 is 17.0 Å². The molecule has 0 aliphatic heterocycles. The maximum absolute atomic E-state index is 8.89. The highest BCUT2D eigenvalue weighted by Gasteiger charge is 2.11. The van der Waals surface area contributed by atoms with E-state index in [0.29, 0.717) is 18.1 Å². The number of nitrogens with two attached hydrogens (primary N) is 1. The topological polar surface area (TPSA) is 76.9 Å². The number of imidazole rings is 1. The summed E-state index contributed by atoms with van der Waals surface area (Å²) in [7, 11) is 1.65. The number of hydrogen-bond acceptors (Lipinski definition) is 4. The molecule has 0 amide bonds. The quantitative estimate of drug-likeness (QED) is 0.867. The van der Waals surface area contributed by atoms with E-state index < -0.39 is 0 Å². The summed E-state index contributed by atoms with van der Waals surface area (Å²) in [5.74, 6) is 0.444. The van der Waals surface area contributed by atoms with E-state index in [1.807, 2.05) is 11.5 Å². The molecule has 1 heterocycles. The fourth-order valence-electron chi connectivity index (χ4n) is 1.73. The van der Waals surface area contributed by atoms with Crippen molar-refractivity contribution in [1.82, 2.24) is 9.55 Å². The van der Waals surface area contributed by atoms with Gasteiger partial charge in [0.05, 0.1) is 35.3 Å². The summed E-state index contributed by atoms with van der Waals surface area (Å²) < 4.78 is 7.08. The molecule has 0 spiro atoms. The Balaban J connectivity index is 2.53. The van der Waals surface area contributed by atoms with Gasteiger partial charge in [0.25, 0.3) is 0 Å². The Morgan fingerprint density at radius 1 is 1.59 bits per heavy atom. The van der Waals surface area contributed by atoms with Gasteiger partial charge in [0.15, 0.2) is 0 Å². The molecule has 1 unspecified atom stereocenters. The highest BCUT2D eigenvalue weighted by Crippen LogP contribution is 2.19. The number of nitriles is 1. The fourth-order valence-corrected chi connectivity index (χ4v) is 1.73. The van der Waals surface area contributed by atoms with Gasteiger partial charge in [-0.05, 0) is 25.1 Å². The number of benzene rings is 1. The van der Waals surface area contributed by atoms with Gasteiger partial charge >= 0.3 is 0 Å². The first-order valence-electron chi connectivity index (χ1n) is 5.34. The Labute approximate surface area is 99.4 Å². The van der Waals surface area contributed by atoms with E-state index in [9.17, 15) is 0 Å². The normalized spacial score (nSPS) is 12.5. The van der Waals surface area contributed by atoms with Gasteiger partial charge in [-0.2, -0.15) is 5.26 Å². The Morgan fingerprint density at radius 2 is 2.35 bits per heavy atom. The summed E-state index contributed by atoms with van der Waals surface area (Å²) >= 11 is 0. The second-order valence-electron chi connectivity index (χ2n) is 3.94. The number of fused-ring (bicyclic) bond motifs is 1. The predicted molar refractivity (Wildman–Crippen MR) is 65.3 cm³/mol. The maximum Gasteiger partial charge on any atom is 0.201 e. The van der Waals surface area contributed by atoms with Crippen LogP contribution in [0.15, 0.2) is 18.2 Å². The summed E-state index contributed by atoms with van der Waals surface area (Å²) in [5, 5.41) is 8.89. The van der Waals surface area contributed by atoms with Crippen molar-refractivity contribution in [1.29, 1.82) is 5.26 Å². The molecule has 0 radical (unpaired) electrons. The van der Waals surface area contributed by atoms with Gasteiger partial charge in [-0.25, -0.2) is 4.98 Å². The van der Waals surface area contributed by atoms with Crippen LogP contribution in [0.3, 0.4) is 0 Å². The zero-order valence-electron chi connectivity index (χ0n) is 9.84. The molecular formula is C12H14N4O. The number of ether oxygens (including phenoxy) is 1. The van der Waals surface area contributed by atoms with Crippen LogP contribution in [0.5, 0.6) is 0 Å². The van der Waals surface area contributed by atoms with Crippen molar-refractivity contribution in [2.45, 2.75) is 19.6 Å². The second kappa shape index (κ2) is 4.44. The molecule has 5 nitrogen and oxygen atoms in total. The lowest BCUT2D eigenvalue weighted by atomic mass is 10.2. The molecule has 1 atom stereocenters. The van der Waals surface area contributed by atoms with Crippen LogP contribution >= 0.6 is 0 Å². The van der Waals surface area contributed by atoms with Crippen LogP contribution in [0.1, 0.15) is 12.5 Å². The molecule has 1 aromatic heterocycles. The summed E-state index contributed by atoms with van der Waals surface area (Å²) in [5.41, 5.74) is 8.12. The first-order valence-corrected chi connectivity index (χ1v) is 5.34. The lowest BCUT2D eigenvalue weighted by Gasteiger charge is -2.12. The average Bonchev–Trinajstić information content (AvgIpc) is 2.65. The van der Waals surface area contributed by atoms with E-state index in [2.05, 4.69) is 11.1 Å². The number of methoxy groups -OCH3 is 1. The number of nitrogens with zero attached hydrogens (tertiary/aromatic N) is 3. The lowest BCUT2D eigenvalue weighted by molar-refractivity contribution is 0.105. The van der Waals surface area contributed by atoms with Gasteiger partial charge in [-0.15, -0.1) is 0 Å². The zero-order valence-corrected chi connectivity index (χ0v) is 9.84. The molecule has 0 fully saturated rings. The second-order valence-corrected chi connectivity index (χ2v) is 3.94. The Morgan fingerprint density at radius 3 is 3.00 bits per heavy atom. The van der Waals surface area contributed by atoms with Crippen LogP contribution in [0.25, 0.3) is 11.0 Å². The third kappa shape index (κ3) is 2.08. The molecule has 2 N–H and O–H groups in total. The van der Waals surface area contributed by atoms with Gasteiger partial charge in [0, 0.05) is 7.11 Å². The molecule has 5 heteroatoms. The highest BCUT2D eigenvalue weighted by atomic mass is 16.5. The summed E-state index contributed by atoms with van der Waals surface area (Å²) in [4.78, 5) is 4.25. The minimum Gasteiger partial charge on any atom is -0.380 e. The standard InChI is InChI=1S/C12H14N4O/c1-8(17-2)7-16-11-5-9(6-13)3-4-10(11)15-12(16)14/h3-5,8H,7H2,1-2H3,(H2,14,15). The minimum atomic E-state index is 0.0421. The highest BCUT2D eigenvalue weighted by molar-refractivity contribution is 5.79. The first kappa shape index (κ1) is 11.4. The van der Waals surface area contributed by atoms with Crippen molar-refractivity contribution in [2.24, 2.45) is 0 Å². The van der Waals surface area contributed by atoms with E-state index in [-0.39, 0.29) is 6.10 Å². The molecule has 88 valence electrons. The Hall–Kier alpha value is -2.06. The van der Waals surface area contributed by atoms with Crippen LogP contribution in [-0.2, 0) is 11.3 Å². The van der Waals surface area contributed by atoms with Crippen LogP contribution in [0.4, 0.5) is 5.95 Å². The first-order chi connectivity index (χ1) is 8.15.